The summed E-state index contributed by atoms with van der Waals surface area (Å²) in [7, 11) is 0. The molecule has 1 N–H and O–H groups in total. The molecule has 11 heavy (non-hydrogen) atoms. The minimum absolute atomic E-state index is 0.527. The van der Waals surface area contributed by atoms with Crippen molar-refractivity contribution >= 4 is 5.71 Å². The Balaban J connectivity index is 2.89. The maximum absolute atomic E-state index is 7.45. The van der Waals surface area contributed by atoms with E-state index in [4.69, 9.17) is 5.41 Å². The number of nitrogens with one attached hydrogen (secondary N) is 1. The van der Waals surface area contributed by atoms with Gasteiger partial charge in [-0.1, -0.05) is 24.8 Å². The van der Waals surface area contributed by atoms with E-state index < -0.39 is 0 Å². The molecule has 0 heterocycles. The molecule has 54 valence electrons. The molecule has 1 heteroatoms. The second-order valence-electron chi connectivity index (χ2n) is 2.12. The minimum atomic E-state index is 0.527. The van der Waals surface area contributed by atoms with Gasteiger partial charge in [0, 0.05) is 0 Å². The maximum Gasteiger partial charge on any atom is 0.0612 e. The van der Waals surface area contributed by atoms with Crippen LogP contribution in [-0.4, -0.2) is 5.71 Å². The van der Waals surface area contributed by atoms with Gasteiger partial charge < -0.3 is 5.41 Å². The molecule has 0 spiro atoms. The molecule has 0 saturated heterocycles. The lowest BCUT2D eigenvalue weighted by Gasteiger charge is -2.00. The molecule has 1 aliphatic rings. The van der Waals surface area contributed by atoms with Crippen LogP contribution >= 0.6 is 0 Å². The lowest BCUT2D eigenvalue weighted by Crippen LogP contribution is -1.96. The Morgan fingerprint density at radius 3 is 2.73 bits per heavy atom. The molecular formula is C10H9N. The van der Waals surface area contributed by atoms with Gasteiger partial charge in [0.1, 0.15) is 0 Å². The van der Waals surface area contributed by atoms with Crippen LogP contribution in [-0.2, 0) is 0 Å². The second kappa shape index (κ2) is 3.55. The van der Waals surface area contributed by atoms with Gasteiger partial charge in [-0.2, -0.15) is 0 Å². The first-order chi connectivity index (χ1) is 5.34. The molecule has 0 aliphatic heterocycles. The van der Waals surface area contributed by atoms with Crippen LogP contribution in [0.5, 0.6) is 0 Å². The van der Waals surface area contributed by atoms with Gasteiger partial charge in [-0.05, 0) is 23.8 Å². The van der Waals surface area contributed by atoms with E-state index in [2.05, 4.69) is 12.3 Å². The second-order valence-corrected chi connectivity index (χ2v) is 2.12. The normalized spacial score (nSPS) is 18.5. The fourth-order valence-corrected chi connectivity index (χ4v) is 0.791. The molecule has 0 atom stereocenters. The molecule has 1 aliphatic carbocycles. The monoisotopic (exact) mass is 143 g/mol. The van der Waals surface area contributed by atoms with Crippen LogP contribution in [0.4, 0.5) is 0 Å². The summed E-state index contributed by atoms with van der Waals surface area (Å²) in [5.41, 5.74) is 4.05. The van der Waals surface area contributed by atoms with E-state index in [0.717, 1.165) is 5.57 Å². The fraction of sp³-hybridized carbons (Fsp3) is 0. The lowest BCUT2D eigenvalue weighted by atomic mass is 10.1. The average Bonchev–Trinajstić information content (AvgIpc) is 2.03. The summed E-state index contributed by atoms with van der Waals surface area (Å²) in [6.45, 7) is 3.43. The topological polar surface area (TPSA) is 23.9 Å². The van der Waals surface area contributed by atoms with Gasteiger partial charge in [-0.25, -0.2) is 0 Å². The van der Waals surface area contributed by atoms with E-state index in [1.165, 1.54) is 0 Å². The van der Waals surface area contributed by atoms with Crippen molar-refractivity contribution in [3.05, 3.63) is 54.3 Å². The van der Waals surface area contributed by atoms with Crippen molar-refractivity contribution < 1.29 is 0 Å². The minimum Gasteiger partial charge on any atom is -0.300 e. The Morgan fingerprint density at radius 1 is 1.36 bits per heavy atom. The Hall–Kier alpha value is -1.59. The van der Waals surface area contributed by atoms with E-state index in [1.54, 1.807) is 12.2 Å². The first-order valence-corrected chi connectivity index (χ1v) is 3.34. The van der Waals surface area contributed by atoms with E-state index in [9.17, 15) is 0 Å². The zero-order valence-corrected chi connectivity index (χ0v) is 6.17. The Morgan fingerprint density at radius 2 is 2.09 bits per heavy atom. The van der Waals surface area contributed by atoms with Gasteiger partial charge in [-0.15, -0.1) is 5.73 Å². The van der Waals surface area contributed by atoms with Crippen LogP contribution in [0.1, 0.15) is 0 Å². The summed E-state index contributed by atoms with van der Waals surface area (Å²) in [4.78, 5) is 0. The zero-order valence-electron chi connectivity index (χ0n) is 6.17. The molecule has 0 bridgehead atoms. The summed E-state index contributed by atoms with van der Waals surface area (Å²) >= 11 is 0. The highest BCUT2D eigenvalue weighted by Crippen LogP contribution is 2.05. The van der Waals surface area contributed by atoms with Crippen molar-refractivity contribution in [2.24, 2.45) is 0 Å². The van der Waals surface area contributed by atoms with E-state index >= 15 is 0 Å². The number of rotatable bonds is 1. The Labute approximate surface area is 66.3 Å². The summed E-state index contributed by atoms with van der Waals surface area (Å²) < 4.78 is 0. The largest absolute Gasteiger partial charge is 0.300 e. The van der Waals surface area contributed by atoms with Crippen LogP contribution in [0.25, 0.3) is 0 Å². The summed E-state index contributed by atoms with van der Waals surface area (Å²) in [5, 5.41) is 7.45. The molecule has 0 aromatic carbocycles. The molecule has 0 aromatic heterocycles. The third-order valence-electron chi connectivity index (χ3n) is 1.34. The molecule has 1 rings (SSSR count). The molecule has 0 saturated carbocycles. The van der Waals surface area contributed by atoms with Gasteiger partial charge >= 0.3 is 0 Å². The van der Waals surface area contributed by atoms with Crippen molar-refractivity contribution in [2.75, 3.05) is 0 Å². The first kappa shape index (κ1) is 7.52. The standard InChI is InChI=1S/C10H9N/c1-2-3-6-9-7-4-5-8-10(9)11/h3-8,11H,1H2/b9-6-,11-10?. The Bertz CT molecular complexity index is 297. The van der Waals surface area contributed by atoms with Crippen LogP contribution in [0.2, 0.25) is 0 Å². The van der Waals surface area contributed by atoms with Crippen molar-refractivity contribution in [3.8, 4) is 0 Å². The first-order valence-electron chi connectivity index (χ1n) is 3.34. The van der Waals surface area contributed by atoms with Crippen LogP contribution in [0.15, 0.2) is 54.3 Å². The van der Waals surface area contributed by atoms with Crippen molar-refractivity contribution in [2.45, 2.75) is 0 Å². The summed E-state index contributed by atoms with van der Waals surface area (Å²) in [6.07, 6.45) is 10.9. The number of hydrogen-bond donors (Lipinski definition) is 1. The third-order valence-corrected chi connectivity index (χ3v) is 1.34. The molecule has 0 unspecified atom stereocenters. The molecule has 0 radical (unpaired) electrons. The maximum atomic E-state index is 7.45. The van der Waals surface area contributed by atoms with Crippen LogP contribution in [0.3, 0.4) is 0 Å². The molecule has 0 fully saturated rings. The average molecular weight is 143 g/mol. The highest BCUT2D eigenvalue weighted by Gasteiger charge is 1.97. The molecule has 0 aromatic rings. The van der Waals surface area contributed by atoms with E-state index in [0.29, 0.717) is 5.71 Å². The van der Waals surface area contributed by atoms with Gasteiger partial charge in [0.2, 0.25) is 0 Å². The van der Waals surface area contributed by atoms with Gasteiger partial charge in [0.15, 0.2) is 0 Å². The van der Waals surface area contributed by atoms with Crippen LogP contribution < -0.4 is 0 Å². The van der Waals surface area contributed by atoms with E-state index in [-0.39, 0.29) is 0 Å². The third kappa shape index (κ3) is 1.92. The number of allylic oxidation sites excluding steroid dienone is 7. The smallest absolute Gasteiger partial charge is 0.0612 e. The quantitative estimate of drug-likeness (QED) is 0.545. The molecule has 1 nitrogen and oxygen atoms in total. The fourth-order valence-electron chi connectivity index (χ4n) is 0.791. The van der Waals surface area contributed by atoms with Gasteiger partial charge in [0.25, 0.3) is 0 Å². The number of hydrogen-bond acceptors (Lipinski definition) is 1. The Kier molecular flexibility index (Phi) is 2.42. The molecular weight excluding hydrogens is 134 g/mol. The highest BCUT2D eigenvalue weighted by molar-refractivity contribution is 6.09. The zero-order chi connectivity index (χ0) is 8.10. The van der Waals surface area contributed by atoms with Gasteiger partial charge in [0.05, 0.1) is 5.71 Å². The van der Waals surface area contributed by atoms with Crippen molar-refractivity contribution in [3.63, 3.8) is 0 Å². The lowest BCUT2D eigenvalue weighted by molar-refractivity contribution is 1.49. The highest BCUT2D eigenvalue weighted by atomic mass is 14.4. The predicted octanol–water partition coefficient (Wildman–Crippen LogP) is 2.40. The SMILES string of the molecule is C=C=C/C=C1/C=CC=CC1=N. The summed E-state index contributed by atoms with van der Waals surface area (Å²) in [6, 6.07) is 0. The predicted molar refractivity (Wildman–Crippen MR) is 47.8 cm³/mol. The molecule has 0 amide bonds. The van der Waals surface area contributed by atoms with Crippen molar-refractivity contribution in [1.29, 1.82) is 5.41 Å². The van der Waals surface area contributed by atoms with E-state index in [1.807, 2.05) is 24.3 Å². The van der Waals surface area contributed by atoms with Crippen molar-refractivity contribution in [1.82, 2.24) is 0 Å². The van der Waals surface area contributed by atoms with Crippen LogP contribution in [0, 0.1) is 5.41 Å². The van der Waals surface area contributed by atoms with Gasteiger partial charge in [-0.3, -0.25) is 0 Å². The summed E-state index contributed by atoms with van der Waals surface area (Å²) in [5.74, 6) is 0.